The summed E-state index contributed by atoms with van der Waals surface area (Å²) in [4.78, 5) is 11.6. The molecule has 1 heterocycles. The first-order valence-electron chi connectivity index (χ1n) is 5.11. The second-order valence-electron chi connectivity index (χ2n) is 3.16. The summed E-state index contributed by atoms with van der Waals surface area (Å²) in [7, 11) is 0. The second-order valence-corrected chi connectivity index (χ2v) is 3.16. The lowest BCUT2D eigenvalue weighted by Gasteiger charge is -2.04. The topological polar surface area (TPSA) is 77.9 Å². The zero-order valence-electron chi connectivity index (χ0n) is 9.20. The summed E-state index contributed by atoms with van der Waals surface area (Å²) in [5.41, 5.74) is 1.20. The molecule has 0 amide bonds. The molecular formula is C11H10N4O2. The zero-order valence-corrected chi connectivity index (χ0v) is 9.20. The van der Waals surface area contributed by atoms with Crippen molar-refractivity contribution < 1.29 is 9.53 Å². The van der Waals surface area contributed by atoms with E-state index in [1.165, 1.54) is 0 Å². The maximum atomic E-state index is 11.6. The molecule has 0 bridgehead atoms. The van der Waals surface area contributed by atoms with Gasteiger partial charge in [0.15, 0.2) is 0 Å². The van der Waals surface area contributed by atoms with E-state index >= 15 is 0 Å². The molecule has 0 N–H and O–H groups in total. The third-order valence-corrected chi connectivity index (χ3v) is 2.07. The van der Waals surface area contributed by atoms with E-state index in [4.69, 9.17) is 4.74 Å². The van der Waals surface area contributed by atoms with E-state index < -0.39 is 5.97 Å². The maximum Gasteiger partial charge on any atom is 0.361 e. The van der Waals surface area contributed by atoms with E-state index in [0.717, 1.165) is 5.56 Å². The Kier molecular flexibility index (Phi) is 3.34. The van der Waals surface area contributed by atoms with Crippen molar-refractivity contribution in [2.75, 3.05) is 6.61 Å². The summed E-state index contributed by atoms with van der Waals surface area (Å²) < 4.78 is 4.88. The van der Waals surface area contributed by atoms with Crippen molar-refractivity contribution in [1.29, 1.82) is 0 Å². The number of carbonyl (C=O) groups excluding carboxylic acids is 1. The minimum absolute atomic E-state index is 0.0769. The van der Waals surface area contributed by atoms with Crippen molar-refractivity contribution in [3.63, 3.8) is 0 Å². The molecule has 0 radical (unpaired) electrons. The lowest BCUT2D eigenvalue weighted by molar-refractivity contribution is 0.0517. The Labute approximate surface area is 97.6 Å². The number of esters is 1. The van der Waals surface area contributed by atoms with Gasteiger partial charge in [0, 0.05) is 5.56 Å². The third kappa shape index (κ3) is 2.41. The van der Waals surface area contributed by atoms with Crippen LogP contribution in [-0.4, -0.2) is 33.2 Å². The molecule has 0 unspecified atom stereocenters. The summed E-state index contributed by atoms with van der Waals surface area (Å²) in [6.07, 6.45) is 0. The second kappa shape index (κ2) is 5.11. The fraction of sp³-hybridized carbons (Fsp3) is 0.182. The number of carbonyl (C=O) groups is 1. The monoisotopic (exact) mass is 230 g/mol. The van der Waals surface area contributed by atoms with Crippen LogP contribution in [0.1, 0.15) is 17.4 Å². The average Bonchev–Trinajstić information content (AvgIpc) is 2.40. The molecule has 0 saturated heterocycles. The van der Waals surface area contributed by atoms with E-state index in [2.05, 4.69) is 20.6 Å². The average molecular weight is 230 g/mol. The SMILES string of the molecule is CCOC(=O)c1nnnnc1-c1ccccc1. The van der Waals surface area contributed by atoms with Crippen molar-refractivity contribution in [2.24, 2.45) is 0 Å². The Hall–Kier alpha value is -2.37. The molecule has 1 aromatic heterocycles. The molecule has 17 heavy (non-hydrogen) atoms. The summed E-state index contributed by atoms with van der Waals surface area (Å²) in [6.45, 7) is 2.00. The lowest BCUT2D eigenvalue weighted by atomic mass is 10.1. The predicted molar refractivity (Wildman–Crippen MR) is 59.0 cm³/mol. The van der Waals surface area contributed by atoms with Crippen molar-refractivity contribution >= 4 is 5.97 Å². The fourth-order valence-corrected chi connectivity index (χ4v) is 1.35. The van der Waals surface area contributed by atoms with Crippen molar-refractivity contribution in [3.05, 3.63) is 36.0 Å². The van der Waals surface area contributed by atoms with Gasteiger partial charge in [0.05, 0.1) is 6.61 Å². The highest BCUT2D eigenvalue weighted by Gasteiger charge is 2.18. The van der Waals surface area contributed by atoms with Gasteiger partial charge in [-0.15, -0.1) is 10.2 Å². The number of ether oxygens (including phenoxy) is 1. The lowest BCUT2D eigenvalue weighted by Crippen LogP contribution is -2.12. The largest absolute Gasteiger partial charge is 0.461 e. The first-order valence-corrected chi connectivity index (χ1v) is 5.11. The van der Waals surface area contributed by atoms with Gasteiger partial charge in [-0.05, 0) is 17.4 Å². The van der Waals surface area contributed by atoms with Crippen LogP contribution >= 0.6 is 0 Å². The van der Waals surface area contributed by atoms with Gasteiger partial charge in [0.1, 0.15) is 5.69 Å². The van der Waals surface area contributed by atoms with Gasteiger partial charge in [-0.25, -0.2) is 4.79 Å². The van der Waals surface area contributed by atoms with Crippen LogP contribution in [0.5, 0.6) is 0 Å². The van der Waals surface area contributed by atoms with Gasteiger partial charge in [-0.1, -0.05) is 30.3 Å². The van der Waals surface area contributed by atoms with Crippen molar-refractivity contribution in [2.45, 2.75) is 6.92 Å². The molecule has 0 saturated carbocycles. The Morgan fingerprint density at radius 1 is 1.18 bits per heavy atom. The summed E-state index contributed by atoms with van der Waals surface area (Å²) in [5.74, 6) is -0.547. The number of nitrogens with zero attached hydrogens (tertiary/aromatic N) is 4. The number of hydrogen-bond donors (Lipinski definition) is 0. The molecule has 2 aromatic rings. The van der Waals surface area contributed by atoms with E-state index in [1.54, 1.807) is 6.92 Å². The Balaban J connectivity index is 2.45. The fourth-order valence-electron chi connectivity index (χ4n) is 1.35. The number of hydrogen-bond acceptors (Lipinski definition) is 6. The molecule has 6 nitrogen and oxygen atoms in total. The quantitative estimate of drug-likeness (QED) is 0.735. The van der Waals surface area contributed by atoms with Crippen LogP contribution in [-0.2, 0) is 4.74 Å². The molecule has 0 fully saturated rings. The number of rotatable bonds is 3. The molecular weight excluding hydrogens is 220 g/mol. The van der Waals surface area contributed by atoms with E-state index in [9.17, 15) is 4.79 Å². The highest BCUT2D eigenvalue weighted by molar-refractivity contribution is 5.93. The van der Waals surface area contributed by atoms with Crippen LogP contribution in [0, 0.1) is 0 Å². The van der Waals surface area contributed by atoms with E-state index in [-0.39, 0.29) is 12.3 Å². The molecule has 6 heteroatoms. The third-order valence-electron chi connectivity index (χ3n) is 2.07. The minimum Gasteiger partial charge on any atom is -0.461 e. The summed E-state index contributed by atoms with van der Waals surface area (Å²) >= 11 is 0. The van der Waals surface area contributed by atoms with Crippen LogP contribution in [0.3, 0.4) is 0 Å². The normalized spacial score (nSPS) is 9.94. The summed E-state index contributed by atoms with van der Waals surface area (Å²) in [5, 5.41) is 14.3. The van der Waals surface area contributed by atoms with Gasteiger partial charge in [-0.3, -0.25) is 0 Å². The smallest absolute Gasteiger partial charge is 0.361 e. The van der Waals surface area contributed by atoms with Gasteiger partial charge in [0.2, 0.25) is 5.69 Å². The first kappa shape index (κ1) is 11.1. The Bertz CT molecular complexity index is 516. The van der Waals surface area contributed by atoms with E-state index in [0.29, 0.717) is 5.69 Å². The number of aromatic nitrogens is 4. The van der Waals surface area contributed by atoms with Crippen LogP contribution in [0.2, 0.25) is 0 Å². The van der Waals surface area contributed by atoms with Crippen LogP contribution in [0.25, 0.3) is 11.3 Å². The maximum absolute atomic E-state index is 11.6. The highest BCUT2D eigenvalue weighted by Crippen LogP contribution is 2.18. The molecule has 2 rings (SSSR count). The highest BCUT2D eigenvalue weighted by atomic mass is 16.5. The standard InChI is InChI=1S/C11H10N4O2/c1-2-17-11(16)10-9(12-14-15-13-10)8-6-4-3-5-7-8/h3-7H,2H2,1H3. The molecule has 0 spiro atoms. The van der Waals surface area contributed by atoms with Gasteiger partial charge in [-0.2, -0.15) is 0 Å². The Morgan fingerprint density at radius 2 is 1.88 bits per heavy atom. The molecule has 86 valence electrons. The molecule has 0 aliphatic rings. The van der Waals surface area contributed by atoms with Gasteiger partial charge < -0.3 is 4.74 Å². The minimum atomic E-state index is -0.547. The molecule has 1 aromatic carbocycles. The van der Waals surface area contributed by atoms with Crippen LogP contribution in [0.15, 0.2) is 30.3 Å². The van der Waals surface area contributed by atoms with Crippen molar-refractivity contribution in [1.82, 2.24) is 20.6 Å². The van der Waals surface area contributed by atoms with Crippen LogP contribution in [0.4, 0.5) is 0 Å². The Morgan fingerprint density at radius 3 is 2.59 bits per heavy atom. The zero-order chi connectivity index (χ0) is 12.1. The molecule has 0 aliphatic heterocycles. The first-order chi connectivity index (χ1) is 8.33. The van der Waals surface area contributed by atoms with E-state index in [1.807, 2.05) is 30.3 Å². The number of benzene rings is 1. The van der Waals surface area contributed by atoms with Crippen molar-refractivity contribution in [3.8, 4) is 11.3 Å². The van der Waals surface area contributed by atoms with Crippen LogP contribution < -0.4 is 0 Å². The molecule has 0 aliphatic carbocycles. The predicted octanol–water partition coefficient (Wildman–Crippen LogP) is 1.11. The van der Waals surface area contributed by atoms with Gasteiger partial charge >= 0.3 is 5.97 Å². The van der Waals surface area contributed by atoms with Gasteiger partial charge in [0.25, 0.3) is 0 Å². The molecule has 0 atom stereocenters. The summed E-state index contributed by atoms with van der Waals surface area (Å²) in [6, 6.07) is 9.18.